The number of pyridine rings is 1. The highest BCUT2D eigenvalue weighted by Crippen LogP contribution is 2.39. The first-order valence-electron chi connectivity index (χ1n) is 16.3. The summed E-state index contributed by atoms with van der Waals surface area (Å²) in [6.07, 6.45) is -1.90. The number of hydrogen-bond donors (Lipinski definition) is 3. The van der Waals surface area contributed by atoms with E-state index in [2.05, 4.69) is 33.1 Å². The molecular formula is C34H33F6N5O6S3. The second-order valence-corrected chi connectivity index (χ2v) is 16.5. The molecule has 7 rings (SSSR count). The SMILES string of the molecule is O=C(O)C(F)(F)F.O=C(O)C(F)(F)F.O=S(=O)(c1cccs1)N(CC1CC1)c1cccc2cc(-c3ncc(CN4CCC(c5ccccn5)CC4)s3)[nH]c12. The number of piperidine rings is 1. The predicted molar refractivity (Wildman–Crippen MR) is 190 cm³/mol. The first-order chi connectivity index (χ1) is 25.4. The smallest absolute Gasteiger partial charge is 0.475 e. The van der Waals surface area contributed by atoms with Crippen LogP contribution in [0, 0.1) is 5.92 Å². The van der Waals surface area contributed by atoms with Gasteiger partial charge in [0.05, 0.1) is 16.9 Å². The first-order valence-corrected chi connectivity index (χ1v) is 19.4. The summed E-state index contributed by atoms with van der Waals surface area (Å²) in [4.78, 5) is 34.4. The van der Waals surface area contributed by atoms with Gasteiger partial charge in [0.15, 0.2) is 0 Å². The molecule has 0 bridgehead atoms. The van der Waals surface area contributed by atoms with Gasteiger partial charge in [-0.2, -0.15) is 26.3 Å². The van der Waals surface area contributed by atoms with Gasteiger partial charge in [-0.15, -0.1) is 22.7 Å². The van der Waals surface area contributed by atoms with Crippen LogP contribution in [0.3, 0.4) is 0 Å². The highest BCUT2D eigenvalue weighted by molar-refractivity contribution is 7.94. The van der Waals surface area contributed by atoms with Gasteiger partial charge in [0, 0.05) is 47.4 Å². The lowest BCUT2D eigenvalue weighted by molar-refractivity contribution is -0.193. The van der Waals surface area contributed by atoms with Crippen LogP contribution in [0.5, 0.6) is 0 Å². The number of hydrogen-bond acceptors (Lipinski definition) is 9. The summed E-state index contributed by atoms with van der Waals surface area (Å²) >= 11 is 2.97. The van der Waals surface area contributed by atoms with Crippen molar-refractivity contribution >= 4 is 61.2 Å². The molecule has 1 saturated heterocycles. The van der Waals surface area contributed by atoms with Crippen molar-refractivity contribution < 1.29 is 54.6 Å². The van der Waals surface area contributed by atoms with Crippen molar-refractivity contribution in [3.63, 3.8) is 0 Å². The zero-order valence-corrected chi connectivity index (χ0v) is 30.5. The molecule has 5 heterocycles. The molecular weight excluding hydrogens is 785 g/mol. The Morgan fingerprint density at radius 3 is 2.13 bits per heavy atom. The van der Waals surface area contributed by atoms with Crippen LogP contribution in [0.1, 0.15) is 42.2 Å². The Balaban J connectivity index is 0.000000342. The maximum atomic E-state index is 13.7. The van der Waals surface area contributed by atoms with E-state index in [0.717, 1.165) is 66.9 Å². The number of rotatable bonds is 9. The average molecular weight is 818 g/mol. The Labute approximate surface area is 313 Å². The second kappa shape index (κ2) is 16.9. The minimum Gasteiger partial charge on any atom is -0.475 e. The number of carboxylic acids is 2. The van der Waals surface area contributed by atoms with Crippen molar-refractivity contribution in [3.05, 3.63) is 82.9 Å². The van der Waals surface area contributed by atoms with Gasteiger partial charge in [-0.3, -0.25) is 14.2 Å². The zero-order valence-electron chi connectivity index (χ0n) is 28.0. The van der Waals surface area contributed by atoms with Crippen LogP contribution in [-0.2, 0) is 26.2 Å². The molecule has 1 saturated carbocycles. The number of nitrogens with zero attached hydrogens (tertiary/aromatic N) is 4. The summed E-state index contributed by atoms with van der Waals surface area (Å²) in [5.74, 6) is -4.56. The third-order valence-electron chi connectivity index (χ3n) is 8.41. The molecule has 20 heteroatoms. The molecule has 1 aliphatic heterocycles. The van der Waals surface area contributed by atoms with E-state index in [1.165, 1.54) is 21.9 Å². The number of halogens is 6. The summed E-state index contributed by atoms with van der Waals surface area (Å²) in [7, 11) is -3.64. The number of carboxylic acid groups (broad SMARTS) is 2. The number of aromatic amines is 1. The fourth-order valence-corrected chi connectivity index (χ4v) is 9.16. The van der Waals surface area contributed by atoms with Gasteiger partial charge in [0.25, 0.3) is 10.0 Å². The van der Waals surface area contributed by atoms with Crippen LogP contribution in [0.2, 0.25) is 0 Å². The lowest BCUT2D eigenvalue weighted by Gasteiger charge is -2.31. The molecule has 2 aliphatic rings. The molecule has 5 aromatic rings. The van der Waals surface area contributed by atoms with Crippen molar-refractivity contribution in [2.45, 2.75) is 54.7 Å². The van der Waals surface area contributed by atoms with Gasteiger partial charge in [-0.1, -0.05) is 24.3 Å². The minimum absolute atomic E-state index is 0.380. The van der Waals surface area contributed by atoms with Gasteiger partial charge < -0.3 is 15.2 Å². The van der Waals surface area contributed by atoms with E-state index in [9.17, 15) is 34.8 Å². The second-order valence-electron chi connectivity index (χ2n) is 12.4. The van der Waals surface area contributed by atoms with Crippen molar-refractivity contribution in [2.24, 2.45) is 5.92 Å². The molecule has 54 heavy (non-hydrogen) atoms. The molecule has 0 unspecified atom stereocenters. The molecule has 3 N–H and O–H groups in total. The summed E-state index contributed by atoms with van der Waals surface area (Å²) in [5, 5.41) is 18.0. The number of anilines is 1. The number of thiazole rings is 1. The van der Waals surface area contributed by atoms with Crippen molar-refractivity contribution in [1.29, 1.82) is 0 Å². The highest BCUT2D eigenvalue weighted by atomic mass is 32.2. The van der Waals surface area contributed by atoms with Gasteiger partial charge in [-0.05, 0) is 80.4 Å². The summed E-state index contributed by atoms with van der Waals surface area (Å²) < 4.78 is 92.8. The fraction of sp³-hybridized carbons (Fsp3) is 0.353. The van der Waals surface area contributed by atoms with Crippen molar-refractivity contribution in [1.82, 2.24) is 19.9 Å². The zero-order chi connectivity index (χ0) is 39.3. The molecule has 2 fully saturated rings. The van der Waals surface area contributed by atoms with E-state index in [0.29, 0.717) is 28.3 Å². The normalized spacial score (nSPS) is 15.5. The molecule has 11 nitrogen and oxygen atoms in total. The number of fused-ring (bicyclic) bond motifs is 1. The van der Waals surface area contributed by atoms with E-state index in [-0.39, 0.29) is 0 Å². The Hall–Kier alpha value is -4.53. The summed E-state index contributed by atoms with van der Waals surface area (Å²) in [6, 6.07) is 17.7. The van der Waals surface area contributed by atoms with E-state index >= 15 is 0 Å². The third kappa shape index (κ3) is 10.6. The summed E-state index contributed by atoms with van der Waals surface area (Å²) in [6.45, 7) is 3.51. The van der Waals surface area contributed by atoms with E-state index in [4.69, 9.17) is 24.8 Å². The summed E-state index contributed by atoms with van der Waals surface area (Å²) in [5.41, 5.74) is 3.68. The molecule has 0 atom stereocenters. The van der Waals surface area contributed by atoms with Crippen LogP contribution in [0.25, 0.3) is 21.6 Å². The highest BCUT2D eigenvalue weighted by Gasteiger charge is 2.39. The Morgan fingerprint density at radius 2 is 1.57 bits per heavy atom. The molecule has 1 aromatic carbocycles. The fourth-order valence-electron chi connectivity index (χ4n) is 5.57. The number of likely N-dealkylation sites (tertiary alicyclic amines) is 1. The number of aliphatic carboxylic acids is 2. The maximum Gasteiger partial charge on any atom is 0.490 e. The average Bonchev–Trinajstić information content (AvgIpc) is 3.47. The number of para-hydroxylation sites is 1. The Kier molecular flexibility index (Phi) is 12.7. The molecule has 1 aliphatic carbocycles. The first kappa shape index (κ1) is 40.7. The number of aromatic nitrogens is 3. The van der Waals surface area contributed by atoms with E-state index in [1.54, 1.807) is 27.8 Å². The van der Waals surface area contributed by atoms with Gasteiger partial charge in [-0.25, -0.2) is 23.0 Å². The van der Waals surface area contributed by atoms with E-state index in [1.807, 2.05) is 42.0 Å². The largest absolute Gasteiger partial charge is 0.490 e. The molecule has 4 aromatic heterocycles. The molecule has 0 spiro atoms. The van der Waals surface area contributed by atoms with Crippen molar-refractivity contribution in [2.75, 3.05) is 23.9 Å². The topological polar surface area (TPSA) is 157 Å². The van der Waals surface area contributed by atoms with Crippen molar-refractivity contribution in [3.8, 4) is 10.7 Å². The van der Waals surface area contributed by atoms with Gasteiger partial charge >= 0.3 is 24.3 Å². The van der Waals surface area contributed by atoms with Crippen LogP contribution >= 0.6 is 22.7 Å². The maximum absolute atomic E-state index is 13.7. The number of sulfonamides is 1. The number of H-pyrrole nitrogens is 1. The number of nitrogens with one attached hydrogen (secondary N) is 1. The van der Waals surface area contributed by atoms with Crippen LogP contribution in [0.4, 0.5) is 32.0 Å². The van der Waals surface area contributed by atoms with Gasteiger partial charge in [0.2, 0.25) is 0 Å². The Morgan fingerprint density at radius 1 is 0.907 bits per heavy atom. The number of benzene rings is 1. The number of carbonyl (C=O) groups is 2. The van der Waals surface area contributed by atoms with Crippen LogP contribution < -0.4 is 4.31 Å². The standard InChI is InChI=1S/C30H31N5O2S3.2C2HF3O2/c36-40(37,28-8-4-16-38-28)35(19-21-9-10-21)27-7-3-5-23-17-26(33-29(23)27)30-32-18-24(39-30)20-34-14-11-22(12-15-34)25-6-1-2-13-31-25;2*3-2(4,5)1(6)7/h1-8,13,16-18,21-22,33H,9-12,14-15,19-20H2;2*(H,6,7). The minimum atomic E-state index is -5.08. The lowest BCUT2D eigenvalue weighted by atomic mass is 9.93. The number of alkyl halides is 6. The van der Waals surface area contributed by atoms with Crippen LogP contribution in [-0.4, -0.2) is 82.4 Å². The molecule has 290 valence electrons. The number of thiophene rings is 1. The predicted octanol–water partition coefficient (Wildman–Crippen LogP) is 8.00. The third-order valence-corrected chi connectivity index (χ3v) is 12.6. The van der Waals surface area contributed by atoms with Gasteiger partial charge in [0.1, 0.15) is 9.22 Å². The van der Waals surface area contributed by atoms with E-state index < -0.39 is 34.3 Å². The molecule has 0 amide bonds. The lowest BCUT2D eigenvalue weighted by Crippen LogP contribution is -2.32. The monoisotopic (exact) mass is 817 g/mol. The quantitative estimate of drug-likeness (QED) is 0.126. The Bertz CT molecular complexity index is 2100. The van der Waals surface area contributed by atoms with Crippen LogP contribution in [0.15, 0.2) is 76.6 Å². The molecule has 0 radical (unpaired) electrons.